The summed E-state index contributed by atoms with van der Waals surface area (Å²) in [6.45, 7) is 0.155. The summed E-state index contributed by atoms with van der Waals surface area (Å²) in [7, 11) is -3.92. The molecule has 1 saturated heterocycles. The summed E-state index contributed by atoms with van der Waals surface area (Å²) in [5, 5.41) is 5.08. The quantitative estimate of drug-likeness (QED) is 0.786. The fraction of sp³-hybridized carbons (Fsp3) is 0.0588. The summed E-state index contributed by atoms with van der Waals surface area (Å²) in [6.07, 6.45) is 1.56. The van der Waals surface area contributed by atoms with Crippen molar-refractivity contribution >= 4 is 28.0 Å². The summed E-state index contributed by atoms with van der Waals surface area (Å²) >= 11 is 0. The van der Waals surface area contributed by atoms with Gasteiger partial charge < -0.3 is 14.8 Å². The Balaban J connectivity index is 1.59. The van der Waals surface area contributed by atoms with Crippen LogP contribution >= 0.6 is 0 Å². The number of rotatable bonds is 3. The zero-order chi connectivity index (χ0) is 18.1. The highest BCUT2D eigenvalue weighted by Gasteiger charge is 2.25. The normalized spacial score (nSPS) is 18.8. The molecule has 2 aromatic rings. The van der Waals surface area contributed by atoms with Crippen LogP contribution in [0.25, 0.3) is 6.08 Å². The van der Waals surface area contributed by atoms with Gasteiger partial charge in [-0.3, -0.25) is 10.1 Å². The number of amides is 1. The Bertz CT molecular complexity index is 1050. The molecule has 2 heterocycles. The zero-order valence-corrected chi connectivity index (χ0v) is 14.1. The molecule has 0 atom stereocenters. The van der Waals surface area contributed by atoms with Crippen LogP contribution in [-0.4, -0.2) is 27.1 Å². The SMILES string of the molecule is O=C1NC(=NS(=O)(=O)c2ccccc2)NC1=Cc1ccc2c(c1)OCO2. The average molecular weight is 371 g/mol. The van der Waals surface area contributed by atoms with Gasteiger partial charge in [-0.25, -0.2) is 0 Å². The van der Waals surface area contributed by atoms with Crippen LogP contribution in [0, 0.1) is 0 Å². The van der Waals surface area contributed by atoms with E-state index in [1.165, 1.54) is 12.1 Å². The Kier molecular flexibility index (Phi) is 3.85. The van der Waals surface area contributed by atoms with Crippen molar-refractivity contribution in [2.45, 2.75) is 4.90 Å². The minimum atomic E-state index is -3.92. The predicted octanol–water partition coefficient (Wildman–Crippen LogP) is 1.22. The Morgan fingerprint density at radius 2 is 1.77 bits per heavy atom. The third kappa shape index (κ3) is 3.11. The monoisotopic (exact) mass is 371 g/mol. The topological polar surface area (TPSA) is 106 Å². The molecule has 0 radical (unpaired) electrons. The van der Waals surface area contributed by atoms with Crippen molar-refractivity contribution in [1.82, 2.24) is 10.6 Å². The minimum absolute atomic E-state index is 0.0387. The average Bonchev–Trinajstić information content (AvgIpc) is 3.21. The molecule has 0 saturated carbocycles. The van der Waals surface area contributed by atoms with Crippen molar-refractivity contribution in [3.63, 3.8) is 0 Å². The Hall–Kier alpha value is -3.33. The molecular formula is C17H13N3O5S. The molecule has 1 fully saturated rings. The third-order valence-electron chi connectivity index (χ3n) is 3.69. The molecule has 26 heavy (non-hydrogen) atoms. The van der Waals surface area contributed by atoms with Crippen molar-refractivity contribution in [3.8, 4) is 11.5 Å². The second kappa shape index (κ2) is 6.19. The molecule has 4 rings (SSSR count). The predicted molar refractivity (Wildman–Crippen MR) is 92.9 cm³/mol. The first-order chi connectivity index (χ1) is 12.5. The van der Waals surface area contributed by atoms with Crippen molar-refractivity contribution in [1.29, 1.82) is 0 Å². The van der Waals surface area contributed by atoms with E-state index >= 15 is 0 Å². The highest BCUT2D eigenvalue weighted by molar-refractivity contribution is 7.90. The van der Waals surface area contributed by atoms with E-state index in [1.54, 1.807) is 42.5 Å². The van der Waals surface area contributed by atoms with Gasteiger partial charge in [-0.1, -0.05) is 24.3 Å². The van der Waals surface area contributed by atoms with E-state index in [4.69, 9.17) is 9.47 Å². The van der Waals surface area contributed by atoms with E-state index < -0.39 is 15.9 Å². The maximum atomic E-state index is 12.3. The number of carbonyl (C=O) groups is 1. The van der Waals surface area contributed by atoms with Crippen molar-refractivity contribution in [2.24, 2.45) is 4.40 Å². The number of fused-ring (bicyclic) bond motifs is 1. The van der Waals surface area contributed by atoms with Gasteiger partial charge in [0.05, 0.1) is 4.90 Å². The Morgan fingerprint density at radius 1 is 1.00 bits per heavy atom. The first kappa shape index (κ1) is 16.2. The third-order valence-corrected chi connectivity index (χ3v) is 4.98. The Labute approximate surface area is 149 Å². The summed E-state index contributed by atoms with van der Waals surface area (Å²) in [4.78, 5) is 12.1. The first-order valence-corrected chi connectivity index (χ1v) is 9.05. The van der Waals surface area contributed by atoms with E-state index in [1.807, 2.05) is 0 Å². The van der Waals surface area contributed by atoms with Crippen LogP contribution in [0.5, 0.6) is 11.5 Å². The Morgan fingerprint density at radius 3 is 2.58 bits per heavy atom. The number of carbonyl (C=O) groups excluding carboxylic acids is 1. The van der Waals surface area contributed by atoms with Crippen LogP contribution < -0.4 is 20.1 Å². The molecule has 9 heteroatoms. The lowest BCUT2D eigenvalue weighted by Crippen LogP contribution is -2.26. The molecule has 2 aliphatic heterocycles. The zero-order valence-electron chi connectivity index (χ0n) is 13.3. The maximum absolute atomic E-state index is 12.3. The molecule has 0 spiro atoms. The molecule has 0 bridgehead atoms. The van der Waals surface area contributed by atoms with Crippen LogP contribution in [0.1, 0.15) is 5.56 Å². The van der Waals surface area contributed by atoms with Gasteiger partial charge in [0.1, 0.15) is 5.70 Å². The van der Waals surface area contributed by atoms with Gasteiger partial charge in [0, 0.05) is 0 Å². The molecule has 2 N–H and O–H groups in total. The van der Waals surface area contributed by atoms with E-state index in [-0.39, 0.29) is 23.3 Å². The molecule has 0 aromatic heterocycles. The molecule has 0 aliphatic carbocycles. The van der Waals surface area contributed by atoms with Crippen LogP contribution in [0.3, 0.4) is 0 Å². The van der Waals surface area contributed by atoms with E-state index in [0.29, 0.717) is 17.1 Å². The highest BCUT2D eigenvalue weighted by Crippen LogP contribution is 2.33. The van der Waals surface area contributed by atoms with Crippen LogP contribution in [0.2, 0.25) is 0 Å². The first-order valence-electron chi connectivity index (χ1n) is 7.61. The fourth-order valence-corrected chi connectivity index (χ4v) is 3.41. The molecule has 2 aliphatic rings. The molecule has 0 unspecified atom stereocenters. The van der Waals surface area contributed by atoms with Crippen LogP contribution in [0.4, 0.5) is 0 Å². The van der Waals surface area contributed by atoms with Gasteiger partial charge >= 0.3 is 0 Å². The largest absolute Gasteiger partial charge is 0.454 e. The molecular weight excluding hydrogens is 358 g/mol. The number of hydrogen-bond acceptors (Lipinski definition) is 5. The van der Waals surface area contributed by atoms with Crippen molar-refractivity contribution in [2.75, 3.05) is 6.79 Å². The van der Waals surface area contributed by atoms with Gasteiger partial charge in [-0.2, -0.15) is 8.42 Å². The lowest BCUT2D eigenvalue weighted by molar-refractivity contribution is -0.115. The van der Waals surface area contributed by atoms with Gasteiger partial charge in [0.2, 0.25) is 12.8 Å². The lowest BCUT2D eigenvalue weighted by atomic mass is 10.1. The van der Waals surface area contributed by atoms with Gasteiger partial charge in [0.15, 0.2) is 11.5 Å². The molecule has 2 aromatic carbocycles. The van der Waals surface area contributed by atoms with Gasteiger partial charge in [0.25, 0.3) is 15.9 Å². The summed E-state index contributed by atoms with van der Waals surface area (Å²) in [5.74, 6) is 0.584. The van der Waals surface area contributed by atoms with Gasteiger partial charge in [-0.05, 0) is 35.9 Å². The number of ether oxygens (including phenoxy) is 2. The number of benzene rings is 2. The number of nitrogens with zero attached hydrogens (tertiary/aromatic N) is 1. The number of guanidine groups is 1. The number of sulfonamides is 1. The lowest BCUT2D eigenvalue weighted by Gasteiger charge is -2.01. The van der Waals surface area contributed by atoms with E-state index in [0.717, 1.165) is 0 Å². The molecule has 132 valence electrons. The standard InChI is InChI=1S/C17H13N3O5S/c21-16-13(8-11-6-7-14-15(9-11)25-10-24-14)18-17(19-16)20-26(22,23)12-4-2-1-3-5-12/h1-9H,10H2,(H2,18,19,20,21). The van der Waals surface area contributed by atoms with Crippen LogP contribution in [0.15, 0.2) is 63.5 Å². The number of hydrogen-bond donors (Lipinski definition) is 2. The summed E-state index contributed by atoms with van der Waals surface area (Å²) in [6, 6.07) is 13.0. The number of nitrogens with one attached hydrogen (secondary N) is 2. The summed E-state index contributed by atoms with van der Waals surface area (Å²) in [5.41, 5.74) is 0.866. The summed E-state index contributed by atoms with van der Waals surface area (Å²) < 4.78 is 38.7. The van der Waals surface area contributed by atoms with E-state index in [2.05, 4.69) is 15.0 Å². The van der Waals surface area contributed by atoms with E-state index in [9.17, 15) is 13.2 Å². The second-order valence-electron chi connectivity index (χ2n) is 5.48. The fourth-order valence-electron chi connectivity index (χ4n) is 2.47. The second-order valence-corrected chi connectivity index (χ2v) is 7.08. The van der Waals surface area contributed by atoms with Crippen molar-refractivity contribution in [3.05, 3.63) is 59.8 Å². The minimum Gasteiger partial charge on any atom is -0.454 e. The highest BCUT2D eigenvalue weighted by atomic mass is 32.2. The molecule has 1 amide bonds. The van der Waals surface area contributed by atoms with Crippen molar-refractivity contribution < 1.29 is 22.7 Å². The maximum Gasteiger partial charge on any atom is 0.285 e. The molecule has 8 nitrogen and oxygen atoms in total. The van der Waals surface area contributed by atoms with Gasteiger partial charge in [-0.15, -0.1) is 4.40 Å². The van der Waals surface area contributed by atoms with Crippen LogP contribution in [-0.2, 0) is 14.8 Å². The smallest absolute Gasteiger partial charge is 0.285 e.